The van der Waals surface area contributed by atoms with Gasteiger partial charge < -0.3 is 20.4 Å². The fourth-order valence-electron chi connectivity index (χ4n) is 3.44. The third kappa shape index (κ3) is 2.75. The Hall–Kier alpha value is -2.53. The van der Waals surface area contributed by atoms with Crippen molar-refractivity contribution in [3.63, 3.8) is 0 Å². The molecule has 3 N–H and O–H groups in total. The molecule has 0 fully saturated rings. The summed E-state index contributed by atoms with van der Waals surface area (Å²) in [4.78, 5) is 13.8. The predicted octanol–water partition coefficient (Wildman–Crippen LogP) is 2.66. The predicted molar refractivity (Wildman–Crippen MR) is 88.8 cm³/mol. The van der Waals surface area contributed by atoms with Crippen molar-refractivity contribution in [2.24, 2.45) is 0 Å². The minimum Gasteiger partial charge on any atom is -0.508 e. The summed E-state index contributed by atoms with van der Waals surface area (Å²) in [6.07, 6.45) is 0. The van der Waals surface area contributed by atoms with Crippen molar-refractivity contribution in [3.05, 3.63) is 59.7 Å². The molecular formula is C18H20N2O3. The Morgan fingerprint density at radius 3 is 2.48 bits per heavy atom. The van der Waals surface area contributed by atoms with Crippen LogP contribution in [-0.2, 0) is 4.79 Å². The summed E-state index contributed by atoms with van der Waals surface area (Å²) >= 11 is 0. The number of nitrogens with zero attached hydrogens (tertiary/aromatic N) is 1. The van der Waals surface area contributed by atoms with Crippen LogP contribution in [0, 0.1) is 0 Å². The maximum atomic E-state index is 11.8. The monoisotopic (exact) mass is 312 g/mol. The zero-order valence-corrected chi connectivity index (χ0v) is 13.1. The van der Waals surface area contributed by atoms with Crippen LogP contribution in [0.1, 0.15) is 23.1 Å². The lowest BCUT2D eigenvalue weighted by atomic mass is 9.83. The summed E-state index contributed by atoms with van der Waals surface area (Å²) in [5.41, 5.74) is 2.65. The van der Waals surface area contributed by atoms with Crippen molar-refractivity contribution in [1.29, 1.82) is 0 Å². The van der Waals surface area contributed by atoms with E-state index in [1.807, 2.05) is 49.3 Å². The van der Waals surface area contributed by atoms with Gasteiger partial charge in [0.05, 0.1) is 0 Å². The van der Waals surface area contributed by atoms with Crippen molar-refractivity contribution in [3.8, 4) is 5.75 Å². The Labute approximate surface area is 135 Å². The van der Waals surface area contributed by atoms with Gasteiger partial charge in [-0.1, -0.05) is 30.3 Å². The van der Waals surface area contributed by atoms with Gasteiger partial charge in [-0.15, -0.1) is 0 Å². The van der Waals surface area contributed by atoms with Gasteiger partial charge in [-0.3, -0.25) is 0 Å². The molecule has 0 aliphatic carbocycles. The number of likely N-dealkylation sites (N-methyl/N-ethyl adjacent to an activating group) is 1. The number of carbonyl (C=O) groups is 1. The highest BCUT2D eigenvalue weighted by molar-refractivity contribution is 5.83. The summed E-state index contributed by atoms with van der Waals surface area (Å²) in [7, 11) is 3.88. The lowest BCUT2D eigenvalue weighted by Crippen LogP contribution is -2.37. The topological polar surface area (TPSA) is 72.8 Å². The molecule has 0 aromatic heterocycles. The minimum absolute atomic E-state index is 0.118. The number of aromatic hydroxyl groups is 1. The standard InChI is InChI=1S/C18H20N2O3/c1-20(2)17(11-6-4-3-5-7-11)15-13-10-12(21)8-9-14(13)19-16(15)18(22)23/h3-10,15-17,19,21H,1-2H3,(H,22,23). The summed E-state index contributed by atoms with van der Waals surface area (Å²) in [6.45, 7) is 0. The Kier molecular flexibility index (Phi) is 3.96. The molecule has 2 aromatic rings. The van der Waals surface area contributed by atoms with E-state index in [4.69, 9.17) is 0 Å². The minimum atomic E-state index is -0.895. The Balaban J connectivity index is 2.13. The molecule has 0 amide bonds. The van der Waals surface area contributed by atoms with Gasteiger partial charge in [0.25, 0.3) is 0 Å². The highest BCUT2D eigenvalue weighted by atomic mass is 16.4. The second-order valence-corrected chi connectivity index (χ2v) is 6.08. The van der Waals surface area contributed by atoms with Crippen LogP contribution in [0.5, 0.6) is 5.75 Å². The second-order valence-electron chi connectivity index (χ2n) is 6.08. The quantitative estimate of drug-likeness (QED) is 0.757. The summed E-state index contributed by atoms with van der Waals surface area (Å²) in [5.74, 6) is -1.05. The van der Waals surface area contributed by atoms with Gasteiger partial charge >= 0.3 is 5.97 Å². The van der Waals surface area contributed by atoms with Crippen LogP contribution in [-0.4, -0.2) is 41.2 Å². The van der Waals surface area contributed by atoms with Gasteiger partial charge in [0.15, 0.2) is 0 Å². The van der Waals surface area contributed by atoms with E-state index in [1.54, 1.807) is 18.2 Å². The second kappa shape index (κ2) is 5.93. The van der Waals surface area contributed by atoms with E-state index in [0.29, 0.717) is 0 Å². The van der Waals surface area contributed by atoms with E-state index in [0.717, 1.165) is 16.8 Å². The van der Waals surface area contributed by atoms with Gasteiger partial charge in [-0.05, 0) is 43.4 Å². The number of phenolic OH excluding ortho intramolecular Hbond substituents is 1. The number of hydrogen-bond acceptors (Lipinski definition) is 4. The fraction of sp³-hybridized carbons (Fsp3) is 0.278. The van der Waals surface area contributed by atoms with Crippen LogP contribution in [0.3, 0.4) is 0 Å². The first kappa shape index (κ1) is 15.4. The third-order valence-electron chi connectivity index (χ3n) is 4.37. The van der Waals surface area contributed by atoms with Crippen molar-refractivity contribution < 1.29 is 15.0 Å². The Bertz CT molecular complexity index is 715. The van der Waals surface area contributed by atoms with Crippen LogP contribution < -0.4 is 5.32 Å². The van der Waals surface area contributed by atoms with Crippen molar-refractivity contribution in [2.75, 3.05) is 19.4 Å². The maximum Gasteiger partial charge on any atom is 0.326 e. The summed E-state index contributed by atoms with van der Waals surface area (Å²) in [6, 6.07) is 14.0. The molecule has 1 heterocycles. The number of nitrogens with one attached hydrogen (secondary N) is 1. The van der Waals surface area contributed by atoms with Crippen molar-refractivity contribution in [1.82, 2.24) is 4.90 Å². The lowest BCUT2D eigenvalue weighted by Gasteiger charge is -2.33. The van der Waals surface area contributed by atoms with E-state index >= 15 is 0 Å². The number of benzene rings is 2. The number of hydrogen-bond donors (Lipinski definition) is 3. The molecule has 2 aromatic carbocycles. The van der Waals surface area contributed by atoms with Gasteiger partial charge in [0, 0.05) is 17.6 Å². The molecule has 0 saturated heterocycles. The third-order valence-corrected chi connectivity index (χ3v) is 4.37. The van der Waals surface area contributed by atoms with Crippen molar-refractivity contribution in [2.45, 2.75) is 18.0 Å². The van der Waals surface area contributed by atoms with Crippen LogP contribution in [0.15, 0.2) is 48.5 Å². The van der Waals surface area contributed by atoms with E-state index in [1.165, 1.54) is 0 Å². The molecule has 0 spiro atoms. The zero-order valence-electron chi connectivity index (χ0n) is 13.1. The first-order valence-electron chi connectivity index (χ1n) is 7.52. The summed E-state index contributed by atoms with van der Waals surface area (Å²) in [5, 5.41) is 22.6. The molecule has 3 unspecified atom stereocenters. The average molecular weight is 312 g/mol. The average Bonchev–Trinajstić information content (AvgIpc) is 2.87. The number of carboxylic acids is 1. The Morgan fingerprint density at radius 1 is 1.17 bits per heavy atom. The first-order chi connectivity index (χ1) is 11.0. The number of rotatable bonds is 4. The molecule has 0 radical (unpaired) electrons. The molecule has 5 nitrogen and oxygen atoms in total. The number of anilines is 1. The number of aliphatic carboxylic acids is 1. The highest BCUT2D eigenvalue weighted by Gasteiger charge is 2.43. The Morgan fingerprint density at radius 2 is 1.87 bits per heavy atom. The zero-order chi connectivity index (χ0) is 16.6. The highest BCUT2D eigenvalue weighted by Crippen LogP contribution is 2.46. The number of phenols is 1. The van der Waals surface area contributed by atoms with Crippen molar-refractivity contribution >= 4 is 11.7 Å². The van der Waals surface area contributed by atoms with E-state index in [9.17, 15) is 15.0 Å². The molecule has 3 atom stereocenters. The number of fused-ring (bicyclic) bond motifs is 1. The van der Waals surface area contributed by atoms with E-state index < -0.39 is 12.0 Å². The van der Waals surface area contributed by atoms with Gasteiger partial charge in [0.2, 0.25) is 0 Å². The first-order valence-corrected chi connectivity index (χ1v) is 7.52. The van der Waals surface area contributed by atoms with E-state index in [-0.39, 0.29) is 17.7 Å². The molecule has 1 aliphatic heterocycles. The molecule has 23 heavy (non-hydrogen) atoms. The molecule has 0 saturated carbocycles. The molecule has 120 valence electrons. The van der Waals surface area contributed by atoms with Gasteiger partial charge in [-0.2, -0.15) is 0 Å². The number of carboxylic acid groups (broad SMARTS) is 1. The normalized spacial score (nSPS) is 20.8. The maximum absolute atomic E-state index is 11.8. The van der Waals surface area contributed by atoms with Crippen LogP contribution in [0.4, 0.5) is 5.69 Å². The fourth-order valence-corrected chi connectivity index (χ4v) is 3.44. The van der Waals surface area contributed by atoms with Crippen LogP contribution >= 0.6 is 0 Å². The van der Waals surface area contributed by atoms with Crippen LogP contribution in [0.2, 0.25) is 0 Å². The van der Waals surface area contributed by atoms with Gasteiger partial charge in [0.1, 0.15) is 11.8 Å². The smallest absolute Gasteiger partial charge is 0.326 e. The van der Waals surface area contributed by atoms with Gasteiger partial charge in [-0.25, -0.2) is 4.79 Å². The molecule has 3 rings (SSSR count). The molecule has 5 heteroatoms. The van der Waals surface area contributed by atoms with Crippen LogP contribution in [0.25, 0.3) is 0 Å². The SMILES string of the molecule is CN(C)C(c1ccccc1)C1c2cc(O)ccc2NC1C(=O)O. The molecular weight excluding hydrogens is 292 g/mol. The summed E-state index contributed by atoms with van der Waals surface area (Å²) < 4.78 is 0. The lowest BCUT2D eigenvalue weighted by molar-refractivity contribution is -0.138. The molecule has 1 aliphatic rings. The molecule has 0 bridgehead atoms. The largest absolute Gasteiger partial charge is 0.508 e. The van der Waals surface area contributed by atoms with E-state index in [2.05, 4.69) is 5.32 Å².